The summed E-state index contributed by atoms with van der Waals surface area (Å²) in [6.45, 7) is 8.01. The van der Waals surface area contributed by atoms with Gasteiger partial charge < -0.3 is 20.7 Å². The molecule has 0 aliphatic carbocycles. The molecule has 39 heavy (non-hydrogen) atoms. The molecule has 0 aromatic heterocycles. The van der Waals surface area contributed by atoms with Crippen molar-refractivity contribution in [3.63, 3.8) is 0 Å². The fraction of sp³-hybridized carbons (Fsp3) is 0.452. The van der Waals surface area contributed by atoms with E-state index in [1.165, 1.54) is 0 Å². The maximum Gasteiger partial charge on any atom is 0.247 e. The highest BCUT2D eigenvalue weighted by atomic mass is 16.5. The molecule has 0 fully saturated rings. The van der Waals surface area contributed by atoms with E-state index in [4.69, 9.17) is 4.74 Å². The van der Waals surface area contributed by atoms with Crippen LogP contribution in [0.5, 0.6) is 5.75 Å². The summed E-state index contributed by atoms with van der Waals surface area (Å²) in [5, 5.41) is 8.71. The minimum absolute atomic E-state index is 0.127. The summed E-state index contributed by atoms with van der Waals surface area (Å²) in [5.41, 5.74) is 1.79. The minimum Gasteiger partial charge on any atom is -0.487 e. The van der Waals surface area contributed by atoms with Crippen molar-refractivity contribution in [1.29, 1.82) is 0 Å². The Morgan fingerprint density at radius 2 is 1.64 bits per heavy atom. The zero-order chi connectivity index (χ0) is 28.5. The SMILES string of the molecule is CC(C)C[C@H](C(=O)N[C@@H]1C(=O)N[C@@H](Cc2ccccc2)C(=O)NC=Cc2ccc(cc2)O[C@H]1C(C)C)N(C)C. The maximum atomic E-state index is 13.9. The molecule has 210 valence electrons. The molecule has 4 atom stereocenters. The van der Waals surface area contributed by atoms with Crippen LogP contribution < -0.4 is 20.7 Å². The second-order valence-electron chi connectivity index (χ2n) is 11.1. The molecular weight excluding hydrogens is 492 g/mol. The molecule has 3 N–H and O–H groups in total. The number of fused-ring (bicyclic) bond motifs is 10. The quantitative estimate of drug-likeness (QED) is 0.482. The zero-order valence-corrected chi connectivity index (χ0v) is 23.8. The molecule has 0 radical (unpaired) electrons. The standard InChI is InChI=1S/C31H42N4O4/c1-20(2)18-26(35(5)6)30(37)34-27-28(21(3)4)39-24-14-12-22(13-15-24)16-17-32-29(36)25(33-31(27)38)19-23-10-8-7-9-11-23/h7-17,20-21,25-28H,18-19H2,1-6H3,(H,32,36)(H,33,38)(H,34,37)/t25-,26+,27-,28-/m0/s1. The monoisotopic (exact) mass is 534 g/mol. The summed E-state index contributed by atoms with van der Waals surface area (Å²) in [7, 11) is 3.71. The van der Waals surface area contributed by atoms with Crippen molar-refractivity contribution < 1.29 is 19.1 Å². The number of ether oxygens (including phenoxy) is 1. The van der Waals surface area contributed by atoms with Crippen molar-refractivity contribution in [3.8, 4) is 5.75 Å². The van der Waals surface area contributed by atoms with E-state index in [1.807, 2.05) is 87.4 Å². The average molecular weight is 535 g/mol. The number of carbonyl (C=O) groups excluding carboxylic acids is 3. The lowest BCUT2D eigenvalue weighted by Gasteiger charge is -2.34. The van der Waals surface area contributed by atoms with Gasteiger partial charge in [-0.25, -0.2) is 0 Å². The molecule has 2 aliphatic heterocycles. The Labute approximate surface area is 232 Å². The van der Waals surface area contributed by atoms with E-state index < -0.39 is 30.1 Å². The molecule has 2 aromatic carbocycles. The molecule has 8 nitrogen and oxygen atoms in total. The van der Waals surface area contributed by atoms with Crippen molar-refractivity contribution in [1.82, 2.24) is 20.9 Å². The van der Waals surface area contributed by atoms with Gasteiger partial charge in [0.15, 0.2) is 0 Å². The number of nitrogens with one attached hydrogen (secondary N) is 3. The van der Waals surface area contributed by atoms with E-state index in [0.717, 1.165) is 11.1 Å². The molecule has 4 rings (SSSR count). The first-order valence-corrected chi connectivity index (χ1v) is 13.6. The first-order chi connectivity index (χ1) is 18.5. The Morgan fingerprint density at radius 3 is 2.23 bits per heavy atom. The van der Waals surface area contributed by atoms with Crippen molar-refractivity contribution in [2.24, 2.45) is 11.8 Å². The van der Waals surface area contributed by atoms with Crippen molar-refractivity contribution in [2.75, 3.05) is 14.1 Å². The molecule has 2 bridgehead atoms. The van der Waals surface area contributed by atoms with Crippen LogP contribution in [-0.4, -0.2) is 60.9 Å². The van der Waals surface area contributed by atoms with Crippen molar-refractivity contribution in [2.45, 2.75) is 64.8 Å². The zero-order valence-electron chi connectivity index (χ0n) is 23.8. The molecule has 0 unspecified atom stereocenters. The van der Waals surface area contributed by atoms with Crippen LogP contribution in [0.3, 0.4) is 0 Å². The lowest BCUT2D eigenvalue weighted by atomic mass is 9.96. The Morgan fingerprint density at radius 1 is 0.974 bits per heavy atom. The molecule has 0 saturated carbocycles. The van der Waals surface area contributed by atoms with Gasteiger partial charge in [0.1, 0.15) is 23.9 Å². The van der Waals surface area contributed by atoms with Crippen molar-refractivity contribution >= 4 is 23.8 Å². The van der Waals surface area contributed by atoms with Gasteiger partial charge in [0.05, 0.1) is 6.04 Å². The Bertz CT molecular complexity index is 1130. The fourth-order valence-electron chi connectivity index (χ4n) is 4.59. The molecule has 2 heterocycles. The number of benzene rings is 2. The fourth-order valence-corrected chi connectivity index (χ4v) is 4.59. The predicted molar refractivity (Wildman–Crippen MR) is 154 cm³/mol. The summed E-state index contributed by atoms with van der Waals surface area (Å²) in [5.74, 6) is -0.341. The molecule has 8 heteroatoms. The smallest absolute Gasteiger partial charge is 0.247 e. The average Bonchev–Trinajstić information content (AvgIpc) is 2.89. The van der Waals surface area contributed by atoms with Gasteiger partial charge in [0.2, 0.25) is 17.7 Å². The first-order valence-electron chi connectivity index (χ1n) is 13.6. The predicted octanol–water partition coefficient (Wildman–Crippen LogP) is 3.38. The van der Waals surface area contributed by atoms with Crippen LogP contribution in [0.15, 0.2) is 60.8 Å². The first kappa shape index (κ1) is 29.9. The molecule has 3 amide bonds. The second-order valence-corrected chi connectivity index (χ2v) is 11.1. The van der Waals surface area contributed by atoms with Crippen LogP contribution in [0.25, 0.3) is 6.08 Å². The highest BCUT2D eigenvalue weighted by Crippen LogP contribution is 2.21. The lowest BCUT2D eigenvalue weighted by Crippen LogP contribution is -2.62. The third-order valence-electron chi connectivity index (χ3n) is 6.76. The number of hydrogen-bond acceptors (Lipinski definition) is 5. The minimum atomic E-state index is -1.03. The van der Waals surface area contributed by atoms with Gasteiger partial charge in [-0.1, -0.05) is 70.2 Å². The highest BCUT2D eigenvalue weighted by molar-refractivity contribution is 5.94. The number of carbonyl (C=O) groups is 3. The van der Waals surface area contributed by atoms with Gasteiger partial charge in [-0.15, -0.1) is 0 Å². The number of hydrogen-bond donors (Lipinski definition) is 3. The number of rotatable bonds is 8. The van der Waals surface area contributed by atoms with E-state index in [1.54, 1.807) is 12.3 Å². The number of likely N-dealkylation sites (N-methyl/N-ethyl adjacent to an activating group) is 1. The maximum absolute atomic E-state index is 13.9. The van der Waals surface area contributed by atoms with Gasteiger partial charge in [0, 0.05) is 12.6 Å². The molecule has 0 spiro atoms. The molecule has 2 aromatic rings. The van der Waals surface area contributed by atoms with Gasteiger partial charge in [0.25, 0.3) is 0 Å². The van der Waals surface area contributed by atoms with Crippen LogP contribution >= 0.6 is 0 Å². The molecule has 2 aliphatic rings. The van der Waals surface area contributed by atoms with Crippen LogP contribution in [0.1, 0.15) is 45.2 Å². The number of amides is 3. The number of nitrogens with zero attached hydrogens (tertiary/aromatic N) is 1. The lowest BCUT2D eigenvalue weighted by molar-refractivity contribution is -0.136. The van der Waals surface area contributed by atoms with Gasteiger partial charge >= 0.3 is 0 Å². The Kier molecular flexibility index (Phi) is 10.7. The highest BCUT2D eigenvalue weighted by Gasteiger charge is 2.38. The largest absolute Gasteiger partial charge is 0.487 e. The van der Waals surface area contributed by atoms with Crippen LogP contribution in [0, 0.1) is 11.8 Å². The Balaban J connectivity index is 2.01. The summed E-state index contributed by atoms with van der Waals surface area (Å²) < 4.78 is 6.35. The van der Waals surface area contributed by atoms with Crippen molar-refractivity contribution in [3.05, 3.63) is 71.9 Å². The van der Waals surface area contributed by atoms with E-state index in [-0.39, 0.29) is 23.7 Å². The van der Waals surface area contributed by atoms with Gasteiger partial charge in [-0.2, -0.15) is 0 Å². The van der Waals surface area contributed by atoms with E-state index in [0.29, 0.717) is 18.6 Å². The summed E-state index contributed by atoms with van der Waals surface area (Å²) in [6.07, 6.45) is 3.60. The second kappa shape index (κ2) is 13.9. The summed E-state index contributed by atoms with van der Waals surface area (Å²) in [4.78, 5) is 42.6. The summed E-state index contributed by atoms with van der Waals surface area (Å²) >= 11 is 0. The topological polar surface area (TPSA) is 99.8 Å². The van der Waals surface area contributed by atoms with Crippen LogP contribution in [0.2, 0.25) is 0 Å². The van der Waals surface area contributed by atoms with E-state index in [9.17, 15) is 14.4 Å². The normalized spacial score (nSPS) is 20.8. The summed E-state index contributed by atoms with van der Waals surface area (Å²) in [6, 6.07) is 14.6. The molecule has 0 saturated heterocycles. The van der Waals surface area contributed by atoms with Gasteiger partial charge in [-0.3, -0.25) is 19.3 Å². The van der Waals surface area contributed by atoms with Crippen LogP contribution in [0.4, 0.5) is 0 Å². The van der Waals surface area contributed by atoms with Crippen LogP contribution in [-0.2, 0) is 20.8 Å². The van der Waals surface area contributed by atoms with E-state index in [2.05, 4.69) is 29.8 Å². The third kappa shape index (κ3) is 8.68. The molecular formula is C31H42N4O4. The van der Waals surface area contributed by atoms with Gasteiger partial charge in [-0.05, 0) is 61.7 Å². The Hall–Kier alpha value is -3.65. The van der Waals surface area contributed by atoms with E-state index >= 15 is 0 Å². The third-order valence-corrected chi connectivity index (χ3v) is 6.76.